The molecule has 3 atom stereocenters. The monoisotopic (exact) mass is 251 g/mol. The third kappa shape index (κ3) is 2.23. The SMILES string of the molecule is O=C(NC1CC2CCC1C2)C(=O)N1CCNCC1. The zero-order chi connectivity index (χ0) is 12.5. The molecule has 3 aliphatic rings. The Morgan fingerprint density at radius 2 is 1.89 bits per heavy atom. The summed E-state index contributed by atoms with van der Waals surface area (Å²) >= 11 is 0. The minimum absolute atomic E-state index is 0.253. The normalized spacial score (nSPS) is 34.7. The zero-order valence-electron chi connectivity index (χ0n) is 10.7. The number of carbonyl (C=O) groups excluding carboxylic acids is 2. The zero-order valence-corrected chi connectivity index (χ0v) is 10.7. The Morgan fingerprint density at radius 1 is 1.11 bits per heavy atom. The Labute approximate surface area is 107 Å². The molecule has 1 aliphatic heterocycles. The van der Waals surface area contributed by atoms with E-state index in [-0.39, 0.29) is 11.9 Å². The predicted molar refractivity (Wildman–Crippen MR) is 66.8 cm³/mol. The molecular formula is C13H21N3O2. The molecule has 2 N–H and O–H groups in total. The van der Waals surface area contributed by atoms with Gasteiger partial charge in [0.05, 0.1) is 0 Å². The summed E-state index contributed by atoms with van der Waals surface area (Å²) in [6.45, 7) is 2.85. The largest absolute Gasteiger partial charge is 0.345 e. The average molecular weight is 251 g/mol. The maximum atomic E-state index is 12.0. The van der Waals surface area contributed by atoms with Gasteiger partial charge >= 0.3 is 11.8 Å². The number of hydrogen-bond acceptors (Lipinski definition) is 3. The summed E-state index contributed by atoms with van der Waals surface area (Å²) in [7, 11) is 0. The van der Waals surface area contributed by atoms with Gasteiger partial charge in [0.15, 0.2) is 0 Å². The molecular weight excluding hydrogens is 230 g/mol. The number of nitrogens with one attached hydrogen (secondary N) is 2. The molecule has 0 radical (unpaired) electrons. The molecule has 2 amide bonds. The average Bonchev–Trinajstić information content (AvgIpc) is 3.01. The van der Waals surface area contributed by atoms with Gasteiger partial charge in [-0.25, -0.2) is 0 Å². The second kappa shape index (κ2) is 4.88. The summed E-state index contributed by atoms with van der Waals surface area (Å²) in [6, 6.07) is 0.253. The van der Waals surface area contributed by atoms with Crippen LogP contribution in [0.5, 0.6) is 0 Å². The Balaban J connectivity index is 1.53. The third-order valence-electron chi connectivity index (χ3n) is 4.65. The molecule has 3 unspecified atom stereocenters. The molecule has 0 aromatic heterocycles. The smallest absolute Gasteiger partial charge is 0.311 e. The van der Waals surface area contributed by atoms with Crippen molar-refractivity contribution < 1.29 is 9.59 Å². The van der Waals surface area contributed by atoms with Crippen LogP contribution in [0.3, 0.4) is 0 Å². The van der Waals surface area contributed by atoms with Crippen LogP contribution in [0.4, 0.5) is 0 Å². The van der Waals surface area contributed by atoms with E-state index in [1.807, 2.05) is 0 Å². The summed E-state index contributed by atoms with van der Waals surface area (Å²) < 4.78 is 0. The lowest BCUT2D eigenvalue weighted by Gasteiger charge is -2.28. The van der Waals surface area contributed by atoms with E-state index in [9.17, 15) is 9.59 Å². The fraction of sp³-hybridized carbons (Fsp3) is 0.846. The van der Waals surface area contributed by atoms with Crippen LogP contribution in [0.2, 0.25) is 0 Å². The van der Waals surface area contributed by atoms with E-state index in [2.05, 4.69) is 10.6 Å². The summed E-state index contributed by atoms with van der Waals surface area (Å²) in [4.78, 5) is 25.6. The Bertz CT molecular complexity index is 352. The first-order valence-corrected chi connectivity index (χ1v) is 7.04. The highest BCUT2D eigenvalue weighted by molar-refractivity contribution is 6.35. The fourth-order valence-corrected chi connectivity index (χ4v) is 3.66. The van der Waals surface area contributed by atoms with Crippen molar-refractivity contribution >= 4 is 11.8 Å². The van der Waals surface area contributed by atoms with Crippen LogP contribution in [0.1, 0.15) is 25.7 Å². The third-order valence-corrected chi connectivity index (χ3v) is 4.65. The van der Waals surface area contributed by atoms with Crippen molar-refractivity contribution in [3.05, 3.63) is 0 Å². The molecule has 3 rings (SSSR count). The van der Waals surface area contributed by atoms with Gasteiger partial charge in [0, 0.05) is 32.2 Å². The lowest BCUT2D eigenvalue weighted by atomic mass is 9.95. The number of hydrogen-bond donors (Lipinski definition) is 2. The molecule has 3 fully saturated rings. The van der Waals surface area contributed by atoms with Gasteiger partial charge in [0.2, 0.25) is 0 Å². The van der Waals surface area contributed by atoms with Gasteiger partial charge in [-0.3, -0.25) is 9.59 Å². The molecule has 100 valence electrons. The van der Waals surface area contributed by atoms with E-state index in [1.165, 1.54) is 19.3 Å². The van der Waals surface area contributed by atoms with Crippen LogP contribution >= 0.6 is 0 Å². The van der Waals surface area contributed by atoms with Gasteiger partial charge < -0.3 is 15.5 Å². The highest BCUT2D eigenvalue weighted by atomic mass is 16.2. The van der Waals surface area contributed by atoms with E-state index < -0.39 is 5.91 Å². The molecule has 5 heteroatoms. The molecule has 2 saturated carbocycles. The van der Waals surface area contributed by atoms with Crippen LogP contribution < -0.4 is 10.6 Å². The lowest BCUT2D eigenvalue weighted by Crippen LogP contribution is -2.53. The van der Waals surface area contributed by atoms with Crippen LogP contribution in [0, 0.1) is 11.8 Å². The molecule has 1 heterocycles. The van der Waals surface area contributed by atoms with Crippen LogP contribution in [0.15, 0.2) is 0 Å². The fourth-order valence-electron chi connectivity index (χ4n) is 3.66. The lowest BCUT2D eigenvalue weighted by molar-refractivity contribution is -0.146. The molecule has 1 saturated heterocycles. The highest BCUT2D eigenvalue weighted by Crippen LogP contribution is 2.44. The molecule has 0 aromatic rings. The van der Waals surface area contributed by atoms with Gasteiger partial charge in [-0.2, -0.15) is 0 Å². The first-order valence-electron chi connectivity index (χ1n) is 7.04. The summed E-state index contributed by atoms with van der Waals surface area (Å²) in [6.07, 6.45) is 4.85. The van der Waals surface area contributed by atoms with E-state index in [4.69, 9.17) is 0 Å². The van der Waals surface area contributed by atoms with Crippen LogP contribution in [-0.2, 0) is 9.59 Å². The number of amides is 2. The number of nitrogens with zero attached hydrogens (tertiary/aromatic N) is 1. The molecule has 18 heavy (non-hydrogen) atoms. The molecule has 2 bridgehead atoms. The molecule has 0 spiro atoms. The van der Waals surface area contributed by atoms with E-state index in [1.54, 1.807) is 4.90 Å². The van der Waals surface area contributed by atoms with Gasteiger partial charge in [-0.1, -0.05) is 6.42 Å². The van der Waals surface area contributed by atoms with Gasteiger partial charge in [-0.05, 0) is 31.1 Å². The quantitative estimate of drug-likeness (QED) is 0.630. The Kier molecular flexibility index (Phi) is 3.24. The maximum absolute atomic E-state index is 12.0. The van der Waals surface area contributed by atoms with Crippen molar-refractivity contribution in [1.82, 2.24) is 15.5 Å². The first kappa shape index (κ1) is 12.0. The molecule has 2 aliphatic carbocycles. The van der Waals surface area contributed by atoms with Gasteiger partial charge in [0.1, 0.15) is 0 Å². The van der Waals surface area contributed by atoms with Crippen LogP contribution in [0.25, 0.3) is 0 Å². The van der Waals surface area contributed by atoms with Gasteiger partial charge in [0.25, 0.3) is 0 Å². The van der Waals surface area contributed by atoms with Crippen molar-refractivity contribution in [1.29, 1.82) is 0 Å². The Hall–Kier alpha value is -1.10. The summed E-state index contributed by atoms with van der Waals surface area (Å²) in [5.41, 5.74) is 0. The van der Waals surface area contributed by atoms with Crippen molar-refractivity contribution in [2.45, 2.75) is 31.7 Å². The number of fused-ring (bicyclic) bond motifs is 2. The van der Waals surface area contributed by atoms with Crippen LogP contribution in [-0.4, -0.2) is 48.9 Å². The number of piperazine rings is 1. The number of carbonyl (C=O) groups is 2. The minimum Gasteiger partial charge on any atom is -0.345 e. The number of rotatable bonds is 1. The molecule has 0 aromatic carbocycles. The predicted octanol–water partition coefficient (Wildman–Crippen LogP) is -0.277. The van der Waals surface area contributed by atoms with Crippen molar-refractivity contribution in [2.75, 3.05) is 26.2 Å². The standard InChI is InChI=1S/C13H21N3O2/c17-12(13(18)16-5-3-14-4-6-16)15-11-8-9-1-2-10(11)7-9/h9-11,14H,1-8H2,(H,15,17). The summed E-state index contributed by atoms with van der Waals surface area (Å²) in [5, 5.41) is 6.13. The van der Waals surface area contributed by atoms with Crippen molar-refractivity contribution in [2.24, 2.45) is 11.8 Å². The minimum atomic E-state index is -0.394. The van der Waals surface area contributed by atoms with Crippen molar-refractivity contribution in [3.8, 4) is 0 Å². The van der Waals surface area contributed by atoms with E-state index >= 15 is 0 Å². The summed E-state index contributed by atoms with van der Waals surface area (Å²) in [5.74, 6) is 0.665. The topological polar surface area (TPSA) is 61.4 Å². The van der Waals surface area contributed by atoms with Gasteiger partial charge in [-0.15, -0.1) is 0 Å². The maximum Gasteiger partial charge on any atom is 0.311 e. The Morgan fingerprint density at radius 3 is 2.50 bits per heavy atom. The van der Waals surface area contributed by atoms with E-state index in [0.717, 1.165) is 25.4 Å². The molecule has 5 nitrogen and oxygen atoms in total. The van der Waals surface area contributed by atoms with Crippen molar-refractivity contribution in [3.63, 3.8) is 0 Å². The second-order valence-corrected chi connectivity index (χ2v) is 5.80. The van der Waals surface area contributed by atoms with E-state index in [0.29, 0.717) is 19.0 Å². The highest BCUT2D eigenvalue weighted by Gasteiger charge is 2.41. The first-order chi connectivity index (χ1) is 8.74. The second-order valence-electron chi connectivity index (χ2n) is 5.80.